The van der Waals surface area contributed by atoms with E-state index in [1.807, 2.05) is 55.7 Å². The number of amides is 1. The lowest BCUT2D eigenvalue weighted by atomic mass is 10.1. The number of para-hydroxylation sites is 1. The van der Waals surface area contributed by atoms with Gasteiger partial charge in [-0.3, -0.25) is 9.59 Å². The number of anilines is 1. The molecule has 26 heavy (non-hydrogen) atoms. The Morgan fingerprint density at radius 2 is 1.85 bits per heavy atom. The zero-order valence-electron chi connectivity index (χ0n) is 15.7. The van der Waals surface area contributed by atoms with Gasteiger partial charge in [-0.1, -0.05) is 31.2 Å². The Kier molecular flexibility index (Phi) is 4.94. The molecule has 134 valence electrons. The van der Waals surface area contributed by atoms with E-state index in [4.69, 9.17) is 0 Å². The van der Waals surface area contributed by atoms with Crippen LogP contribution in [0.25, 0.3) is 10.9 Å². The van der Waals surface area contributed by atoms with Crippen molar-refractivity contribution in [3.05, 3.63) is 75.1 Å². The fourth-order valence-electron chi connectivity index (χ4n) is 3.49. The third kappa shape index (κ3) is 3.40. The summed E-state index contributed by atoms with van der Waals surface area (Å²) in [6.45, 7) is 8.16. The summed E-state index contributed by atoms with van der Waals surface area (Å²) < 4.78 is 1.84. The first-order valence-corrected chi connectivity index (χ1v) is 8.89. The van der Waals surface area contributed by atoms with Gasteiger partial charge in [0.1, 0.15) is 6.54 Å². The highest BCUT2D eigenvalue weighted by Crippen LogP contribution is 2.22. The van der Waals surface area contributed by atoms with Crippen molar-refractivity contribution in [3.8, 4) is 0 Å². The minimum atomic E-state index is -0.0990. The van der Waals surface area contributed by atoms with Crippen LogP contribution in [0.2, 0.25) is 0 Å². The molecule has 1 aromatic heterocycles. The molecule has 0 saturated carbocycles. The van der Waals surface area contributed by atoms with Crippen molar-refractivity contribution in [2.24, 2.45) is 0 Å². The Balaban J connectivity index is 1.96. The van der Waals surface area contributed by atoms with E-state index >= 15 is 0 Å². The van der Waals surface area contributed by atoms with Gasteiger partial charge >= 0.3 is 0 Å². The molecule has 0 saturated heterocycles. The number of benzene rings is 2. The summed E-state index contributed by atoms with van der Waals surface area (Å²) in [7, 11) is 0. The average Bonchev–Trinajstić information content (AvgIpc) is 2.58. The molecule has 1 amide bonds. The lowest BCUT2D eigenvalue weighted by molar-refractivity contribution is -0.116. The maximum Gasteiger partial charge on any atom is 0.244 e. The van der Waals surface area contributed by atoms with Crippen LogP contribution in [0, 0.1) is 20.8 Å². The molecule has 0 radical (unpaired) electrons. The number of hydrogen-bond donors (Lipinski definition) is 1. The van der Waals surface area contributed by atoms with E-state index in [-0.39, 0.29) is 17.9 Å². The molecule has 0 aliphatic carbocycles. The largest absolute Gasteiger partial charge is 0.338 e. The lowest BCUT2D eigenvalue weighted by Gasteiger charge is -2.16. The number of hydrogen-bond acceptors (Lipinski definition) is 2. The van der Waals surface area contributed by atoms with Crippen molar-refractivity contribution in [2.75, 3.05) is 5.32 Å². The highest BCUT2D eigenvalue weighted by atomic mass is 16.2. The van der Waals surface area contributed by atoms with E-state index in [9.17, 15) is 9.59 Å². The first-order chi connectivity index (χ1) is 12.4. The lowest BCUT2D eigenvalue weighted by Crippen LogP contribution is -2.21. The first-order valence-electron chi connectivity index (χ1n) is 8.89. The summed E-state index contributed by atoms with van der Waals surface area (Å²) in [6, 6.07) is 11.5. The molecule has 2 aromatic carbocycles. The number of aryl methyl sites for hydroxylation is 4. The minimum absolute atomic E-state index is 0.0127. The summed E-state index contributed by atoms with van der Waals surface area (Å²) >= 11 is 0. The van der Waals surface area contributed by atoms with Crippen LogP contribution in [0.5, 0.6) is 0 Å². The van der Waals surface area contributed by atoms with E-state index in [1.165, 1.54) is 6.07 Å². The van der Waals surface area contributed by atoms with E-state index in [0.29, 0.717) is 5.39 Å². The molecule has 0 aliphatic rings. The van der Waals surface area contributed by atoms with Crippen LogP contribution in [0.1, 0.15) is 29.2 Å². The molecule has 3 rings (SSSR count). The number of nitrogens with zero attached hydrogens (tertiary/aromatic N) is 1. The van der Waals surface area contributed by atoms with Crippen LogP contribution in [0.15, 0.2) is 47.4 Å². The molecule has 0 aliphatic heterocycles. The minimum Gasteiger partial charge on any atom is -0.338 e. The standard InChI is InChI=1S/C22H24N2O2/c1-5-17-8-6-7-15(3)22(17)23-20(26)13-24-10-9-19(25)21-16(4)11-14(2)12-18(21)24/h6-12H,5,13H2,1-4H3,(H,23,26). The third-order valence-electron chi connectivity index (χ3n) is 4.74. The quantitative estimate of drug-likeness (QED) is 0.771. The zero-order chi connectivity index (χ0) is 18.8. The van der Waals surface area contributed by atoms with Gasteiger partial charge in [-0.2, -0.15) is 0 Å². The molecule has 4 heteroatoms. The van der Waals surface area contributed by atoms with Gasteiger partial charge < -0.3 is 9.88 Å². The van der Waals surface area contributed by atoms with Crippen LogP contribution < -0.4 is 10.7 Å². The van der Waals surface area contributed by atoms with Crippen LogP contribution in [0.4, 0.5) is 5.69 Å². The first kappa shape index (κ1) is 17.9. The van der Waals surface area contributed by atoms with Crippen molar-refractivity contribution in [1.29, 1.82) is 0 Å². The van der Waals surface area contributed by atoms with E-state index in [0.717, 1.165) is 39.9 Å². The summed E-state index contributed by atoms with van der Waals surface area (Å²) in [5.74, 6) is -0.0990. The smallest absolute Gasteiger partial charge is 0.244 e. The Labute approximate surface area is 153 Å². The van der Waals surface area contributed by atoms with Crippen molar-refractivity contribution >= 4 is 22.5 Å². The zero-order valence-corrected chi connectivity index (χ0v) is 15.7. The van der Waals surface area contributed by atoms with Crippen LogP contribution >= 0.6 is 0 Å². The second kappa shape index (κ2) is 7.16. The summed E-state index contributed by atoms with van der Waals surface area (Å²) in [6.07, 6.45) is 2.55. The fraction of sp³-hybridized carbons (Fsp3) is 0.273. The molecule has 1 N–H and O–H groups in total. The van der Waals surface area contributed by atoms with Crippen LogP contribution in [-0.2, 0) is 17.8 Å². The van der Waals surface area contributed by atoms with Gasteiger partial charge in [0.25, 0.3) is 0 Å². The second-order valence-corrected chi connectivity index (χ2v) is 6.79. The van der Waals surface area contributed by atoms with E-state index in [1.54, 1.807) is 6.20 Å². The van der Waals surface area contributed by atoms with Gasteiger partial charge in [0.15, 0.2) is 5.43 Å². The Bertz CT molecular complexity index is 1050. The third-order valence-corrected chi connectivity index (χ3v) is 4.74. The number of carbonyl (C=O) groups excluding carboxylic acids is 1. The number of pyridine rings is 1. The second-order valence-electron chi connectivity index (χ2n) is 6.79. The van der Waals surface area contributed by atoms with Gasteiger partial charge in [0, 0.05) is 23.3 Å². The molecule has 1 heterocycles. The molecule has 0 fully saturated rings. The van der Waals surface area contributed by atoms with Crippen molar-refractivity contribution in [2.45, 2.75) is 40.7 Å². The summed E-state index contributed by atoms with van der Waals surface area (Å²) in [4.78, 5) is 24.9. The predicted molar refractivity (Wildman–Crippen MR) is 107 cm³/mol. The van der Waals surface area contributed by atoms with Gasteiger partial charge in [-0.05, 0) is 55.5 Å². The Morgan fingerprint density at radius 1 is 1.08 bits per heavy atom. The van der Waals surface area contributed by atoms with Gasteiger partial charge in [-0.25, -0.2) is 0 Å². The molecule has 0 unspecified atom stereocenters. The SMILES string of the molecule is CCc1cccc(C)c1NC(=O)Cn1ccc(=O)c2c(C)cc(C)cc21. The number of aromatic nitrogens is 1. The molecule has 0 atom stereocenters. The van der Waals surface area contributed by atoms with Crippen LogP contribution in [0.3, 0.4) is 0 Å². The van der Waals surface area contributed by atoms with Gasteiger partial charge in [0.05, 0.1) is 5.52 Å². The monoisotopic (exact) mass is 348 g/mol. The predicted octanol–water partition coefficient (Wildman–Crippen LogP) is 4.13. The Hall–Kier alpha value is -2.88. The number of fused-ring (bicyclic) bond motifs is 1. The number of nitrogens with one attached hydrogen (secondary N) is 1. The van der Waals surface area contributed by atoms with Gasteiger partial charge in [-0.15, -0.1) is 0 Å². The van der Waals surface area contributed by atoms with Gasteiger partial charge in [0.2, 0.25) is 5.91 Å². The topological polar surface area (TPSA) is 51.1 Å². The molecule has 0 spiro atoms. The van der Waals surface area contributed by atoms with Crippen molar-refractivity contribution in [3.63, 3.8) is 0 Å². The molecular weight excluding hydrogens is 324 g/mol. The summed E-state index contributed by atoms with van der Waals surface area (Å²) in [5, 5.41) is 3.73. The molecule has 0 bridgehead atoms. The normalized spacial score (nSPS) is 10.9. The van der Waals surface area contributed by atoms with E-state index < -0.39 is 0 Å². The molecular formula is C22H24N2O2. The van der Waals surface area contributed by atoms with Crippen molar-refractivity contribution in [1.82, 2.24) is 4.57 Å². The number of rotatable bonds is 4. The molecule has 4 nitrogen and oxygen atoms in total. The van der Waals surface area contributed by atoms with E-state index in [2.05, 4.69) is 12.2 Å². The average molecular weight is 348 g/mol. The summed E-state index contributed by atoms with van der Waals surface area (Å²) in [5.41, 5.74) is 5.85. The Morgan fingerprint density at radius 3 is 2.58 bits per heavy atom. The maximum absolute atomic E-state index is 12.7. The molecule has 3 aromatic rings. The fourth-order valence-corrected chi connectivity index (χ4v) is 3.49. The highest BCUT2D eigenvalue weighted by molar-refractivity contribution is 5.93. The number of carbonyl (C=O) groups is 1. The maximum atomic E-state index is 12.7. The highest BCUT2D eigenvalue weighted by Gasteiger charge is 2.12. The van der Waals surface area contributed by atoms with Crippen LogP contribution in [-0.4, -0.2) is 10.5 Å². The van der Waals surface area contributed by atoms with Crippen molar-refractivity contribution < 1.29 is 4.79 Å².